The van der Waals surface area contributed by atoms with Crippen LogP contribution in [0.3, 0.4) is 0 Å². The molecule has 0 saturated heterocycles. The standard InChI is InChI=1S/C17H25ClN2O5/c1-17(2,3)25-16(24)20-13(14(21)7-8-19-15(22)23)10-11-5-4-6-12(18)9-11/h4-6,9,13-14,19,21H,7-8,10H2,1-3H3,(H,20,24)(H,22,23)/t13-,14+/m0/s1. The van der Waals surface area contributed by atoms with Crippen molar-refractivity contribution in [2.24, 2.45) is 0 Å². The monoisotopic (exact) mass is 372 g/mol. The van der Waals surface area contributed by atoms with Crippen LogP contribution < -0.4 is 10.6 Å². The number of rotatable bonds is 7. The highest BCUT2D eigenvalue weighted by molar-refractivity contribution is 6.30. The molecule has 0 aromatic heterocycles. The molecule has 0 bridgehead atoms. The minimum Gasteiger partial charge on any atom is -0.465 e. The molecule has 7 nitrogen and oxygen atoms in total. The number of alkyl carbamates (subject to hydrolysis) is 1. The molecule has 0 saturated carbocycles. The van der Waals surface area contributed by atoms with Gasteiger partial charge in [0.1, 0.15) is 5.60 Å². The summed E-state index contributed by atoms with van der Waals surface area (Å²) in [6.45, 7) is 5.29. The molecule has 1 aromatic carbocycles. The molecule has 8 heteroatoms. The lowest BCUT2D eigenvalue weighted by atomic mass is 9.99. The van der Waals surface area contributed by atoms with Crippen LogP contribution in [-0.2, 0) is 11.2 Å². The van der Waals surface area contributed by atoms with Gasteiger partial charge in [-0.3, -0.25) is 0 Å². The molecule has 0 spiro atoms. The number of halogens is 1. The molecule has 0 aliphatic carbocycles. The van der Waals surface area contributed by atoms with Crippen molar-refractivity contribution in [2.75, 3.05) is 6.54 Å². The van der Waals surface area contributed by atoms with Gasteiger partial charge in [0.2, 0.25) is 0 Å². The Morgan fingerprint density at radius 3 is 2.56 bits per heavy atom. The Hall–Kier alpha value is -1.99. The predicted octanol–water partition coefficient (Wildman–Crippen LogP) is 2.79. The van der Waals surface area contributed by atoms with Gasteiger partial charge in [0.15, 0.2) is 0 Å². The number of hydrogen-bond acceptors (Lipinski definition) is 4. The quantitative estimate of drug-likeness (QED) is 0.588. The maximum absolute atomic E-state index is 12.0. The molecule has 140 valence electrons. The van der Waals surface area contributed by atoms with Crippen molar-refractivity contribution in [3.63, 3.8) is 0 Å². The second-order valence-corrected chi connectivity index (χ2v) is 7.11. The van der Waals surface area contributed by atoms with Crippen LogP contribution in [0.5, 0.6) is 0 Å². The van der Waals surface area contributed by atoms with Gasteiger partial charge in [-0.2, -0.15) is 0 Å². The van der Waals surface area contributed by atoms with Crippen LogP contribution in [-0.4, -0.2) is 46.7 Å². The van der Waals surface area contributed by atoms with Crippen molar-refractivity contribution >= 4 is 23.8 Å². The Morgan fingerprint density at radius 1 is 1.32 bits per heavy atom. The van der Waals surface area contributed by atoms with E-state index in [1.165, 1.54) is 0 Å². The van der Waals surface area contributed by atoms with Crippen LogP contribution in [0, 0.1) is 0 Å². The number of amides is 2. The number of hydrogen-bond donors (Lipinski definition) is 4. The van der Waals surface area contributed by atoms with Crippen molar-refractivity contribution in [3.05, 3.63) is 34.9 Å². The number of benzene rings is 1. The van der Waals surface area contributed by atoms with E-state index in [0.717, 1.165) is 5.56 Å². The van der Waals surface area contributed by atoms with Gasteiger partial charge in [0, 0.05) is 11.6 Å². The third-order valence-corrected chi connectivity index (χ3v) is 3.46. The summed E-state index contributed by atoms with van der Waals surface area (Å²) in [5.74, 6) is 0. The zero-order chi connectivity index (χ0) is 19.0. The van der Waals surface area contributed by atoms with Gasteiger partial charge in [-0.25, -0.2) is 9.59 Å². The summed E-state index contributed by atoms with van der Waals surface area (Å²) in [4.78, 5) is 22.5. The summed E-state index contributed by atoms with van der Waals surface area (Å²) in [6.07, 6.45) is -2.30. The Bertz CT molecular complexity index is 589. The summed E-state index contributed by atoms with van der Waals surface area (Å²) in [5, 5.41) is 24.4. The molecule has 0 aliphatic heterocycles. The molecule has 2 amide bonds. The van der Waals surface area contributed by atoms with E-state index in [2.05, 4.69) is 10.6 Å². The fourth-order valence-corrected chi connectivity index (χ4v) is 2.40. The van der Waals surface area contributed by atoms with E-state index >= 15 is 0 Å². The number of carboxylic acid groups (broad SMARTS) is 1. The normalized spacial score (nSPS) is 13.6. The van der Waals surface area contributed by atoms with Crippen molar-refractivity contribution in [3.8, 4) is 0 Å². The minimum atomic E-state index is -1.17. The molecule has 0 unspecified atom stereocenters. The summed E-state index contributed by atoms with van der Waals surface area (Å²) >= 11 is 5.97. The summed E-state index contributed by atoms with van der Waals surface area (Å²) in [6, 6.07) is 6.43. The van der Waals surface area contributed by atoms with E-state index < -0.39 is 29.9 Å². The SMILES string of the molecule is CC(C)(C)OC(=O)N[C@@H](Cc1cccc(Cl)c1)[C@H](O)CCNC(=O)O. The highest BCUT2D eigenvalue weighted by Gasteiger charge is 2.25. The smallest absolute Gasteiger partial charge is 0.407 e. The van der Waals surface area contributed by atoms with Gasteiger partial charge in [-0.1, -0.05) is 23.7 Å². The van der Waals surface area contributed by atoms with Crippen molar-refractivity contribution < 1.29 is 24.5 Å². The van der Waals surface area contributed by atoms with Gasteiger partial charge in [-0.15, -0.1) is 0 Å². The molecular weight excluding hydrogens is 348 g/mol. The highest BCUT2D eigenvalue weighted by Crippen LogP contribution is 2.15. The first kappa shape index (κ1) is 21.1. The van der Waals surface area contributed by atoms with Crippen molar-refractivity contribution in [1.29, 1.82) is 0 Å². The molecule has 1 rings (SSSR count). The summed E-state index contributed by atoms with van der Waals surface area (Å²) in [5.41, 5.74) is 0.166. The Balaban J connectivity index is 2.77. The fraction of sp³-hybridized carbons (Fsp3) is 0.529. The van der Waals surface area contributed by atoms with Gasteiger partial charge < -0.3 is 25.6 Å². The lowest BCUT2D eigenvalue weighted by molar-refractivity contribution is 0.0413. The van der Waals surface area contributed by atoms with Gasteiger partial charge in [0.05, 0.1) is 12.1 Å². The van der Waals surface area contributed by atoms with Crippen molar-refractivity contribution in [2.45, 2.75) is 51.4 Å². The van der Waals surface area contributed by atoms with Crippen LogP contribution in [0.15, 0.2) is 24.3 Å². The van der Waals surface area contributed by atoms with Crippen LogP contribution in [0.2, 0.25) is 5.02 Å². The zero-order valence-electron chi connectivity index (χ0n) is 14.6. The van der Waals surface area contributed by atoms with Crippen LogP contribution in [0.25, 0.3) is 0 Å². The predicted molar refractivity (Wildman–Crippen MR) is 95.0 cm³/mol. The molecule has 0 aliphatic rings. The molecule has 0 fully saturated rings. The van der Waals surface area contributed by atoms with E-state index in [0.29, 0.717) is 11.4 Å². The first-order valence-corrected chi connectivity index (χ1v) is 8.33. The molecule has 25 heavy (non-hydrogen) atoms. The van der Waals surface area contributed by atoms with Crippen LogP contribution in [0.1, 0.15) is 32.8 Å². The lowest BCUT2D eigenvalue weighted by Crippen LogP contribution is -2.47. The third kappa shape index (κ3) is 9.16. The van der Waals surface area contributed by atoms with E-state index in [1.807, 2.05) is 6.07 Å². The van der Waals surface area contributed by atoms with Gasteiger partial charge >= 0.3 is 12.2 Å². The zero-order valence-corrected chi connectivity index (χ0v) is 15.3. The summed E-state index contributed by atoms with van der Waals surface area (Å²) < 4.78 is 5.23. The third-order valence-electron chi connectivity index (χ3n) is 3.23. The summed E-state index contributed by atoms with van der Waals surface area (Å²) in [7, 11) is 0. The minimum absolute atomic E-state index is 0.0680. The second kappa shape index (κ2) is 9.48. The van der Waals surface area contributed by atoms with E-state index in [-0.39, 0.29) is 13.0 Å². The van der Waals surface area contributed by atoms with Crippen LogP contribution >= 0.6 is 11.6 Å². The Morgan fingerprint density at radius 2 is 2.00 bits per heavy atom. The average molecular weight is 373 g/mol. The van der Waals surface area contributed by atoms with Crippen molar-refractivity contribution in [1.82, 2.24) is 10.6 Å². The van der Waals surface area contributed by atoms with E-state index in [4.69, 9.17) is 21.4 Å². The Labute approximate surface area is 152 Å². The highest BCUT2D eigenvalue weighted by atomic mass is 35.5. The molecule has 4 N–H and O–H groups in total. The average Bonchev–Trinajstić information content (AvgIpc) is 2.44. The molecule has 2 atom stereocenters. The maximum atomic E-state index is 12.0. The second-order valence-electron chi connectivity index (χ2n) is 6.67. The largest absolute Gasteiger partial charge is 0.465 e. The topological polar surface area (TPSA) is 108 Å². The molecule has 0 heterocycles. The first-order valence-electron chi connectivity index (χ1n) is 7.95. The number of aliphatic hydroxyl groups excluding tert-OH is 1. The fourth-order valence-electron chi connectivity index (χ4n) is 2.19. The maximum Gasteiger partial charge on any atom is 0.407 e. The number of carbonyl (C=O) groups excluding carboxylic acids is 1. The number of ether oxygens (including phenoxy) is 1. The first-order chi connectivity index (χ1) is 11.6. The lowest BCUT2D eigenvalue weighted by Gasteiger charge is -2.27. The number of aliphatic hydroxyl groups is 1. The van der Waals surface area contributed by atoms with Crippen LogP contribution in [0.4, 0.5) is 9.59 Å². The van der Waals surface area contributed by atoms with E-state index in [9.17, 15) is 14.7 Å². The number of nitrogens with one attached hydrogen (secondary N) is 2. The molecule has 0 radical (unpaired) electrons. The molecular formula is C17H25ClN2O5. The van der Waals surface area contributed by atoms with E-state index in [1.54, 1.807) is 39.0 Å². The van der Waals surface area contributed by atoms with Gasteiger partial charge in [-0.05, 0) is 51.3 Å². The molecule has 1 aromatic rings. The Kier molecular flexibility index (Phi) is 7.99. The van der Waals surface area contributed by atoms with Gasteiger partial charge in [0.25, 0.3) is 0 Å². The number of carbonyl (C=O) groups is 2.